The second-order valence-corrected chi connectivity index (χ2v) is 6.51. The van der Waals surface area contributed by atoms with E-state index < -0.39 is 18.2 Å². The summed E-state index contributed by atoms with van der Waals surface area (Å²) in [4.78, 5) is 34.1. The van der Waals surface area contributed by atoms with Crippen molar-refractivity contribution in [2.45, 2.75) is 78.1 Å². The van der Waals surface area contributed by atoms with Crippen LogP contribution in [0.25, 0.3) is 0 Å². The van der Waals surface area contributed by atoms with Crippen molar-refractivity contribution in [3.05, 3.63) is 12.2 Å². The van der Waals surface area contributed by atoms with Crippen LogP contribution in [0.4, 0.5) is 4.79 Å². The Morgan fingerprint density at radius 1 is 1.07 bits per heavy atom. The average molecular weight is 387 g/mol. The van der Waals surface area contributed by atoms with Gasteiger partial charge in [0.15, 0.2) is 0 Å². The Morgan fingerprint density at radius 3 is 2.26 bits per heavy atom. The number of esters is 2. The summed E-state index contributed by atoms with van der Waals surface area (Å²) < 4.78 is 15.3. The summed E-state index contributed by atoms with van der Waals surface area (Å²) in [6, 6.07) is 0. The lowest BCUT2D eigenvalue weighted by Gasteiger charge is -2.20. The fraction of sp³-hybridized carbons (Fsp3) is 0.737. The number of rotatable bonds is 13. The Labute approximate surface area is 161 Å². The minimum Gasteiger partial charge on any atom is -0.463 e. The lowest BCUT2D eigenvalue weighted by molar-refractivity contribution is -0.147. The van der Waals surface area contributed by atoms with Crippen molar-refractivity contribution in [3.8, 4) is 0 Å². The summed E-state index contributed by atoms with van der Waals surface area (Å²) in [6.45, 7) is 10.1. The van der Waals surface area contributed by atoms with E-state index in [4.69, 9.17) is 14.2 Å². The Balaban J connectivity index is 4.11. The van der Waals surface area contributed by atoms with Crippen molar-refractivity contribution in [2.75, 3.05) is 13.2 Å². The standard InChI is InChI=1S/C19H33NO7/c1-6-16(22)8-10-17(27-15(5)21)9-7-14(4)26-19(24)20-11-12-25-18(23)13(2)3/h14,16-17,22H,2,6-12H2,1,3-5H3,(H,20,24). The molecule has 0 aromatic carbocycles. The van der Waals surface area contributed by atoms with E-state index >= 15 is 0 Å². The molecular formula is C19H33NO7. The van der Waals surface area contributed by atoms with E-state index in [2.05, 4.69) is 11.9 Å². The molecule has 0 radical (unpaired) electrons. The molecule has 0 aromatic heterocycles. The van der Waals surface area contributed by atoms with Crippen LogP contribution in [0, 0.1) is 0 Å². The number of nitrogens with one attached hydrogen (secondary N) is 1. The first-order valence-corrected chi connectivity index (χ1v) is 9.28. The number of aliphatic hydroxyl groups is 1. The first kappa shape index (κ1) is 24.9. The van der Waals surface area contributed by atoms with Crippen molar-refractivity contribution in [2.24, 2.45) is 0 Å². The maximum Gasteiger partial charge on any atom is 0.407 e. The molecule has 27 heavy (non-hydrogen) atoms. The van der Waals surface area contributed by atoms with E-state index in [1.165, 1.54) is 13.8 Å². The monoisotopic (exact) mass is 387 g/mol. The topological polar surface area (TPSA) is 111 Å². The molecule has 0 rings (SSSR count). The number of hydrogen-bond acceptors (Lipinski definition) is 7. The van der Waals surface area contributed by atoms with Gasteiger partial charge in [0.05, 0.1) is 12.6 Å². The van der Waals surface area contributed by atoms with Crippen LogP contribution >= 0.6 is 0 Å². The lowest BCUT2D eigenvalue weighted by atomic mass is 10.0. The normalized spacial score (nSPS) is 13.8. The number of alkyl carbamates (subject to hydrolysis) is 1. The second-order valence-electron chi connectivity index (χ2n) is 6.51. The van der Waals surface area contributed by atoms with E-state index in [-0.39, 0.29) is 31.3 Å². The molecule has 0 aliphatic heterocycles. The molecule has 1 amide bonds. The zero-order chi connectivity index (χ0) is 20.8. The van der Waals surface area contributed by atoms with E-state index in [1.807, 2.05) is 6.92 Å². The summed E-state index contributed by atoms with van der Waals surface area (Å²) in [7, 11) is 0. The van der Waals surface area contributed by atoms with Gasteiger partial charge in [0.25, 0.3) is 0 Å². The molecule has 2 N–H and O–H groups in total. The first-order chi connectivity index (χ1) is 12.6. The van der Waals surface area contributed by atoms with Crippen LogP contribution in [0.2, 0.25) is 0 Å². The van der Waals surface area contributed by atoms with E-state index in [9.17, 15) is 19.5 Å². The van der Waals surface area contributed by atoms with Crippen molar-refractivity contribution < 1.29 is 33.7 Å². The molecule has 0 aliphatic rings. The van der Waals surface area contributed by atoms with Gasteiger partial charge in [0.1, 0.15) is 18.8 Å². The smallest absolute Gasteiger partial charge is 0.407 e. The average Bonchev–Trinajstić information content (AvgIpc) is 2.59. The first-order valence-electron chi connectivity index (χ1n) is 9.28. The summed E-state index contributed by atoms with van der Waals surface area (Å²) >= 11 is 0. The molecule has 8 nitrogen and oxygen atoms in total. The SMILES string of the molecule is C=C(C)C(=O)OCCNC(=O)OC(C)CCC(CCC(O)CC)OC(C)=O. The van der Waals surface area contributed by atoms with Gasteiger partial charge < -0.3 is 24.6 Å². The third-order valence-electron chi connectivity index (χ3n) is 3.78. The largest absolute Gasteiger partial charge is 0.463 e. The summed E-state index contributed by atoms with van der Waals surface area (Å²) in [5, 5.41) is 12.1. The van der Waals surface area contributed by atoms with E-state index in [0.29, 0.717) is 37.7 Å². The third kappa shape index (κ3) is 13.7. The maximum absolute atomic E-state index is 11.7. The number of ether oxygens (including phenoxy) is 3. The van der Waals surface area contributed by atoms with E-state index in [1.54, 1.807) is 6.92 Å². The summed E-state index contributed by atoms with van der Waals surface area (Å²) in [6.07, 6.45) is 1.07. The molecule has 0 spiro atoms. The van der Waals surface area contributed by atoms with Crippen LogP contribution in [0.3, 0.4) is 0 Å². The summed E-state index contributed by atoms with van der Waals surface area (Å²) in [5.74, 6) is -0.884. The molecule has 156 valence electrons. The van der Waals surface area contributed by atoms with Gasteiger partial charge >= 0.3 is 18.0 Å². The number of aliphatic hydroxyl groups excluding tert-OH is 1. The lowest BCUT2D eigenvalue weighted by Crippen LogP contribution is -2.31. The Morgan fingerprint density at radius 2 is 1.70 bits per heavy atom. The van der Waals surface area contributed by atoms with Gasteiger partial charge in [-0.1, -0.05) is 13.5 Å². The zero-order valence-corrected chi connectivity index (χ0v) is 16.8. The predicted molar refractivity (Wildman–Crippen MR) is 100 cm³/mol. The third-order valence-corrected chi connectivity index (χ3v) is 3.78. The van der Waals surface area contributed by atoms with Crippen LogP contribution in [-0.4, -0.2) is 54.6 Å². The number of amides is 1. The fourth-order valence-electron chi connectivity index (χ4n) is 2.20. The van der Waals surface area contributed by atoms with Crippen molar-refractivity contribution in [1.29, 1.82) is 0 Å². The van der Waals surface area contributed by atoms with Crippen LogP contribution < -0.4 is 5.32 Å². The molecule has 0 bridgehead atoms. The highest BCUT2D eigenvalue weighted by Crippen LogP contribution is 2.15. The highest BCUT2D eigenvalue weighted by molar-refractivity contribution is 5.86. The van der Waals surface area contributed by atoms with Crippen LogP contribution in [0.5, 0.6) is 0 Å². The molecule has 3 unspecified atom stereocenters. The number of hydrogen-bond donors (Lipinski definition) is 2. The Hall–Kier alpha value is -2.09. The van der Waals surface area contributed by atoms with Gasteiger partial charge in [-0.3, -0.25) is 4.79 Å². The quantitative estimate of drug-likeness (QED) is 0.216. The highest BCUT2D eigenvalue weighted by Gasteiger charge is 2.17. The second kappa shape index (κ2) is 14.0. The van der Waals surface area contributed by atoms with Crippen molar-refractivity contribution in [1.82, 2.24) is 5.32 Å². The fourth-order valence-corrected chi connectivity index (χ4v) is 2.20. The molecule has 3 atom stereocenters. The zero-order valence-electron chi connectivity index (χ0n) is 16.8. The van der Waals surface area contributed by atoms with Gasteiger partial charge in [0, 0.05) is 12.5 Å². The number of carbonyl (C=O) groups excluding carboxylic acids is 3. The van der Waals surface area contributed by atoms with Gasteiger partial charge in [-0.2, -0.15) is 0 Å². The van der Waals surface area contributed by atoms with Crippen LogP contribution in [0.15, 0.2) is 12.2 Å². The van der Waals surface area contributed by atoms with Gasteiger partial charge in [0.2, 0.25) is 0 Å². The van der Waals surface area contributed by atoms with Crippen molar-refractivity contribution in [3.63, 3.8) is 0 Å². The molecule has 0 saturated heterocycles. The molecule has 0 saturated carbocycles. The maximum atomic E-state index is 11.7. The molecule has 0 aromatic rings. The minimum atomic E-state index is -0.612. The minimum absolute atomic E-state index is 0.0312. The molecule has 8 heteroatoms. The van der Waals surface area contributed by atoms with Gasteiger partial charge in [-0.15, -0.1) is 0 Å². The van der Waals surface area contributed by atoms with Gasteiger partial charge in [-0.05, 0) is 46.0 Å². The predicted octanol–water partition coefficient (Wildman–Crippen LogP) is 2.48. The van der Waals surface area contributed by atoms with Crippen molar-refractivity contribution >= 4 is 18.0 Å². The Kier molecular flexibility index (Phi) is 12.9. The highest BCUT2D eigenvalue weighted by atomic mass is 16.6. The molecular weight excluding hydrogens is 354 g/mol. The molecule has 0 aliphatic carbocycles. The summed E-state index contributed by atoms with van der Waals surface area (Å²) in [5.41, 5.74) is 0.292. The van der Waals surface area contributed by atoms with Crippen LogP contribution in [-0.2, 0) is 23.8 Å². The number of carbonyl (C=O) groups is 3. The van der Waals surface area contributed by atoms with Crippen LogP contribution in [0.1, 0.15) is 59.8 Å². The Bertz CT molecular complexity index is 492. The van der Waals surface area contributed by atoms with E-state index in [0.717, 1.165) is 0 Å². The van der Waals surface area contributed by atoms with Gasteiger partial charge in [-0.25, -0.2) is 9.59 Å². The molecule has 0 fully saturated rings. The molecule has 0 heterocycles.